The summed E-state index contributed by atoms with van der Waals surface area (Å²) in [5.41, 5.74) is 0. The third kappa shape index (κ3) is 2.78. The first kappa shape index (κ1) is 11.4. The first-order chi connectivity index (χ1) is 5.37. The van der Waals surface area contributed by atoms with E-state index in [0.717, 1.165) is 0 Å². The van der Waals surface area contributed by atoms with E-state index in [2.05, 4.69) is 6.58 Å². The van der Waals surface area contributed by atoms with Gasteiger partial charge in [-0.3, -0.25) is 0 Å². The van der Waals surface area contributed by atoms with Gasteiger partial charge in [0.25, 0.3) is 0 Å². The van der Waals surface area contributed by atoms with Gasteiger partial charge in [0.15, 0.2) is 0 Å². The van der Waals surface area contributed by atoms with E-state index in [9.17, 15) is 0 Å². The van der Waals surface area contributed by atoms with E-state index in [4.69, 9.17) is 25.5 Å². The number of aliphatic hydroxyl groups is 5. The van der Waals surface area contributed by atoms with Crippen LogP contribution < -0.4 is 0 Å². The number of hydrogen-bond donors (Lipinski definition) is 5. The fourth-order valence-electron chi connectivity index (χ4n) is 0.669. The topological polar surface area (TPSA) is 101 Å². The van der Waals surface area contributed by atoms with Crippen LogP contribution in [-0.2, 0) is 0 Å². The van der Waals surface area contributed by atoms with Gasteiger partial charge in [0.1, 0.15) is 24.1 Å². The van der Waals surface area contributed by atoms with E-state index in [-0.39, 0.29) is 0 Å². The standard InChI is InChI=1S/C7H14O5/c1-3(8)5(10)7(12)6(11)4(2)9/h4-12H,1H2,2H3/t4-,5-,6-,7-/m0/s1. The van der Waals surface area contributed by atoms with Crippen molar-refractivity contribution in [3.63, 3.8) is 0 Å². The van der Waals surface area contributed by atoms with Gasteiger partial charge >= 0.3 is 0 Å². The summed E-state index contributed by atoms with van der Waals surface area (Å²) in [5, 5.41) is 44.4. The van der Waals surface area contributed by atoms with Crippen molar-refractivity contribution in [3.8, 4) is 0 Å². The van der Waals surface area contributed by atoms with Crippen molar-refractivity contribution in [1.82, 2.24) is 0 Å². The van der Waals surface area contributed by atoms with Crippen LogP contribution in [0.2, 0.25) is 0 Å². The zero-order valence-corrected chi connectivity index (χ0v) is 6.75. The van der Waals surface area contributed by atoms with E-state index in [1.165, 1.54) is 6.92 Å². The first-order valence-corrected chi connectivity index (χ1v) is 3.48. The Morgan fingerprint density at radius 2 is 1.50 bits per heavy atom. The second-order valence-electron chi connectivity index (χ2n) is 2.66. The summed E-state index contributed by atoms with van der Waals surface area (Å²) in [6.07, 6.45) is -5.98. The van der Waals surface area contributed by atoms with Crippen molar-refractivity contribution < 1.29 is 25.5 Å². The zero-order valence-electron chi connectivity index (χ0n) is 6.75. The highest BCUT2D eigenvalue weighted by Crippen LogP contribution is 2.08. The Morgan fingerprint density at radius 1 is 1.08 bits per heavy atom. The lowest BCUT2D eigenvalue weighted by atomic mass is 10.0. The minimum absolute atomic E-state index is 0.651. The third-order valence-electron chi connectivity index (χ3n) is 1.51. The minimum Gasteiger partial charge on any atom is -0.510 e. The molecule has 0 aliphatic heterocycles. The highest BCUT2D eigenvalue weighted by atomic mass is 16.4. The summed E-state index contributed by atoms with van der Waals surface area (Å²) < 4.78 is 0. The molecule has 0 aromatic rings. The largest absolute Gasteiger partial charge is 0.510 e. The molecule has 0 radical (unpaired) electrons. The van der Waals surface area contributed by atoms with Crippen LogP contribution in [0, 0.1) is 0 Å². The van der Waals surface area contributed by atoms with Gasteiger partial charge < -0.3 is 25.5 Å². The lowest BCUT2D eigenvalue weighted by Gasteiger charge is -2.23. The van der Waals surface area contributed by atoms with Crippen LogP contribution in [0.3, 0.4) is 0 Å². The van der Waals surface area contributed by atoms with Crippen molar-refractivity contribution in [2.45, 2.75) is 31.3 Å². The number of aliphatic hydroxyl groups excluding tert-OH is 5. The maximum absolute atomic E-state index is 9.05. The summed E-state index contributed by atoms with van der Waals surface area (Å²) in [6, 6.07) is 0. The van der Waals surface area contributed by atoms with Gasteiger partial charge in [0.2, 0.25) is 0 Å². The van der Waals surface area contributed by atoms with E-state index in [1.807, 2.05) is 0 Å². The molecule has 0 aromatic heterocycles. The SMILES string of the molecule is C=C(O)[C@H](O)[C@H](O)[C@@H](O)[C@H](C)O. The highest BCUT2D eigenvalue weighted by molar-refractivity contribution is 4.96. The molecule has 5 N–H and O–H groups in total. The molecule has 0 heterocycles. The quantitative estimate of drug-likeness (QED) is 0.338. The Kier molecular flexibility index (Phi) is 4.19. The molecule has 0 fully saturated rings. The van der Waals surface area contributed by atoms with E-state index >= 15 is 0 Å². The van der Waals surface area contributed by atoms with Crippen LogP contribution in [0.25, 0.3) is 0 Å². The van der Waals surface area contributed by atoms with Crippen molar-refractivity contribution in [1.29, 1.82) is 0 Å². The fraction of sp³-hybridized carbons (Fsp3) is 0.714. The van der Waals surface area contributed by atoms with E-state index in [0.29, 0.717) is 0 Å². The normalized spacial score (nSPS) is 21.1. The molecule has 0 saturated carbocycles. The predicted molar refractivity (Wildman–Crippen MR) is 41.5 cm³/mol. The van der Waals surface area contributed by atoms with Crippen LogP contribution in [-0.4, -0.2) is 49.9 Å². The van der Waals surface area contributed by atoms with Crippen LogP contribution in [0.4, 0.5) is 0 Å². The predicted octanol–water partition coefficient (Wildman–Crippen LogP) is -1.48. The third-order valence-corrected chi connectivity index (χ3v) is 1.51. The molecule has 0 aliphatic carbocycles. The van der Waals surface area contributed by atoms with Gasteiger partial charge in [0, 0.05) is 0 Å². The molecule has 4 atom stereocenters. The Labute approximate surface area is 70.2 Å². The molecule has 5 nitrogen and oxygen atoms in total. The highest BCUT2D eigenvalue weighted by Gasteiger charge is 2.29. The minimum atomic E-state index is -1.64. The van der Waals surface area contributed by atoms with Crippen LogP contribution in [0.5, 0.6) is 0 Å². The van der Waals surface area contributed by atoms with Gasteiger partial charge in [-0.25, -0.2) is 0 Å². The van der Waals surface area contributed by atoms with Crippen molar-refractivity contribution in [2.75, 3.05) is 0 Å². The lowest BCUT2D eigenvalue weighted by Crippen LogP contribution is -2.43. The van der Waals surface area contributed by atoms with Gasteiger partial charge in [-0.15, -0.1) is 0 Å². The first-order valence-electron chi connectivity index (χ1n) is 3.48. The maximum atomic E-state index is 9.05. The van der Waals surface area contributed by atoms with Gasteiger partial charge in [-0.2, -0.15) is 0 Å². The fourth-order valence-corrected chi connectivity index (χ4v) is 0.669. The summed E-state index contributed by atoms with van der Waals surface area (Å²) >= 11 is 0. The maximum Gasteiger partial charge on any atom is 0.139 e. The van der Waals surface area contributed by atoms with Crippen molar-refractivity contribution >= 4 is 0 Å². The van der Waals surface area contributed by atoms with E-state index < -0.39 is 30.2 Å². The molecular formula is C7H14O5. The molecule has 72 valence electrons. The second-order valence-corrected chi connectivity index (χ2v) is 2.66. The second kappa shape index (κ2) is 4.42. The summed E-state index contributed by atoms with van der Waals surface area (Å²) in [4.78, 5) is 0. The monoisotopic (exact) mass is 178 g/mol. The summed E-state index contributed by atoms with van der Waals surface area (Å²) in [6.45, 7) is 4.22. The average molecular weight is 178 g/mol. The molecule has 0 bridgehead atoms. The zero-order chi connectivity index (χ0) is 9.89. The molecular weight excluding hydrogens is 164 g/mol. The molecule has 0 saturated heterocycles. The Balaban J connectivity index is 4.18. The molecule has 12 heavy (non-hydrogen) atoms. The summed E-state index contributed by atoms with van der Waals surface area (Å²) in [5.74, 6) is -0.651. The van der Waals surface area contributed by atoms with Gasteiger partial charge in [-0.1, -0.05) is 6.58 Å². The van der Waals surface area contributed by atoms with Crippen molar-refractivity contribution in [2.24, 2.45) is 0 Å². The Hall–Kier alpha value is -0.620. The van der Waals surface area contributed by atoms with Crippen LogP contribution >= 0.6 is 0 Å². The molecule has 0 rings (SSSR count). The van der Waals surface area contributed by atoms with Crippen molar-refractivity contribution in [3.05, 3.63) is 12.3 Å². The molecule has 0 aliphatic rings. The molecule has 0 aromatic carbocycles. The van der Waals surface area contributed by atoms with Crippen LogP contribution in [0.1, 0.15) is 6.92 Å². The molecule has 5 heteroatoms. The lowest BCUT2D eigenvalue weighted by molar-refractivity contribution is -0.0974. The Morgan fingerprint density at radius 3 is 1.75 bits per heavy atom. The average Bonchev–Trinajstić information content (AvgIpc) is 2.00. The summed E-state index contributed by atoms with van der Waals surface area (Å²) in [7, 11) is 0. The van der Waals surface area contributed by atoms with Gasteiger partial charge in [0.05, 0.1) is 6.10 Å². The number of rotatable bonds is 4. The van der Waals surface area contributed by atoms with Crippen LogP contribution in [0.15, 0.2) is 12.3 Å². The molecule has 0 unspecified atom stereocenters. The molecule has 0 amide bonds. The number of hydrogen-bond acceptors (Lipinski definition) is 5. The molecule has 0 spiro atoms. The smallest absolute Gasteiger partial charge is 0.139 e. The van der Waals surface area contributed by atoms with E-state index in [1.54, 1.807) is 0 Å². The Bertz CT molecular complexity index is 156. The van der Waals surface area contributed by atoms with Gasteiger partial charge in [-0.05, 0) is 6.92 Å².